The molecule has 0 saturated carbocycles. The van der Waals surface area contributed by atoms with Crippen LogP contribution in [0.15, 0.2) is 51.8 Å². The van der Waals surface area contributed by atoms with Gasteiger partial charge in [0.15, 0.2) is 5.13 Å². The summed E-state index contributed by atoms with van der Waals surface area (Å²) in [5.41, 5.74) is 0.809. The zero-order valence-electron chi connectivity index (χ0n) is 15.1. The SMILES string of the molecule is O=C(Nc1nc2ccc(Br)cc2s1)C1CCCN(S(=O)(=O)c2ccc(Cl)cc2)C1. The van der Waals surface area contributed by atoms with Crippen LogP contribution in [0.1, 0.15) is 12.8 Å². The van der Waals surface area contributed by atoms with Crippen LogP contribution in [0.3, 0.4) is 0 Å². The Morgan fingerprint density at radius 3 is 2.76 bits per heavy atom. The monoisotopic (exact) mass is 513 g/mol. The molecule has 1 aliphatic heterocycles. The molecule has 2 heterocycles. The van der Waals surface area contributed by atoms with Crippen molar-refractivity contribution in [3.63, 3.8) is 0 Å². The molecule has 29 heavy (non-hydrogen) atoms. The molecular weight excluding hydrogens is 498 g/mol. The first-order valence-electron chi connectivity index (χ1n) is 8.95. The van der Waals surface area contributed by atoms with Crippen molar-refractivity contribution >= 4 is 70.1 Å². The van der Waals surface area contributed by atoms with Crippen molar-refractivity contribution in [3.8, 4) is 0 Å². The average molecular weight is 515 g/mol. The summed E-state index contributed by atoms with van der Waals surface area (Å²) in [5, 5.41) is 3.84. The Labute approximate surface area is 186 Å². The lowest BCUT2D eigenvalue weighted by molar-refractivity contribution is -0.120. The lowest BCUT2D eigenvalue weighted by Gasteiger charge is -2.31. The van der Waals surface area contributed by atoms with E-state index in [-0.39, 0.29) is 17.3 Å². The summed E-state index contributed by atoms with van der Waals surface area (Å²) >= 11 is 10.7. The Kier molecular flexibility index (Phi) is 5.94. The van der Waals surface area contributed by atoms with E-state index >= 15 is 0 Å². The second-order valence-electron chi connectivity index (χ2n) is 6.78. The summed E-state index contributed by atoms with van der Waals surface area (Å²) in [7, 11) is -3.67. The summed E-state index contributed by atoms with van der Waals surface area (Å²) in [6.07, 6.45) is 1.26. The highest BCUT2D eigenvalue weighted by Gasteiger charge is 2.33. The molecule has 0 radical (unpaired) electrons. The van der Waals surface area contributed by atoms with Crippen molar-refractivity contribution in [1.29, 1.82) is 0 Å². The quantitative estimate of drug-likeness (QED) is 0.545. The van der Waals surface area contributed by atoms with E-state index in [0.29, 0.717) is 29.5 Å². The van der Waals surface area contributed by atoms with Gasteiger partial charge in [0.2, 0.25) is 15.9 Å². The summed E-state index contributed by atoms with van der Waals surface area (Å²) in [6.45, 7) is 0.539. The minimum absolute atomic E-state index is 0.146. The molecular formula is C19H17BrClN3O3S2. The zero-order chi connectivity index (χ0) is 20.6. The van der Waals surface area contributed by atoms with E-state index in [0.717, 1.165) is 14.7 Å². The summed E-state index contributed by atoms with van der Waals surface area (Å²) in [5.74, 6) is -0.635. The van der Waals surface area contributed by atoms with Gasteiger partial charge in [-0.25, -0.2) is 13.4 Å². The number of anilines is 1. The minimum Gasteiger partial charge on any atom is -0.302 e. The summed E-state index contributed by atoms with van der Waals surface area (Å²) in [6, 6.07) is 11.8. The molecule has 1 atom stereocenters. The fourth-order valence-corrected chi connectivity index (χ4v) is 6.36. The van der Waals surface area contributed by atoms with Crippen molar-refractivity contribution in [2.45, 2.75) is 17.7 Å². The summed E-state index contributed by atoms with van der Waals surface area (Å²) in [4.78, 5) is 17.4. The largest absolute Gasteiger partial charge is 0.302 e. The van der Waals surface area contributed by atoms with E-state index < -0.39 is 15.9 Å². The van der Waals surface area contributed by atoms with Crippen molar-refractivity contribution in [3.05, 3.63) is 52.0 Å². The molecule has 1 saturated heterocycles. The molecule has 1 aromatic heterocycles. The van der Waals surface area contributed by atoms with Gasteiger partial charge in [0, 0.05) is 22.6 Å². The van der Waals surface area contributed by atoms with Crippen LogP contribution in [-0.4, -0.2) is 36.7 Å². The van der Waals surface area contributed by atoms with Crippen LogP contribution in [0.5, 0.6) is 0 Å². The molecule has 0 bridgehead atoms. The maximum absolute atomic E-state index is 12.9. The van der Waals surface area contributed by atoms with Crippen LogP contribution in [-0.2, 0) is 14.8 Å². The number of carbonyl (C=O) groups excluding carboxylic acids is 1. The minimum atomic E-state index is -3.67. The van der Waals surface area contributed by atoms with E-state index in [9.17, 15) is 13.2 Å². The molecule has 10 heteroatoms. The maximum atomic E-state index is 12.9. The van der Waals surface area contributed by atoms with E-state index in [1.165, 1.54) is 27.8 Å². The number of benzene rings is 2. The van der Waals surface area contributed by atoms with Crippen LogP contribution in [0, 0.1) is 5.92 Å². The number of amides is 1. The Bertz CT molecular complexity index is 1170. The van der Waals surface area contributed by atoms with Crippen LogP contribution in [0.25, 0.3) is 10.2 Å². The average Bonchev–Trinajstić information content (AvgIpc) is 3.09. The first kappa shape index (κ1) is 20.7. The third kappa shape index (κ3) is 4.49. The standard InChI is InChI=1S/C19H17BrClN3O3S2/c20-13-3-8-16-17(10-13)28-19(22-16)23-18(25)12-2-1-9-24(11-12)29(26,27)15-6-4-14(21)5-7-15/h3-8,10,12H,1-2,9,11H2,(H,22,23,25). The second kappa shape index (κ2) is 8.31. The summed E-state index contributed by atoms with van der Waals surface area (Å²) < 4.78 is 29.1. The molecule has 0 aliphatic carbocycles. The van der Waals surface area contributed by atoms with Crippen LogP contribution in [0.4, 0.5) is 5.13 Å². The van der Waals surface area contributed by atoms with Gasteiger partial charge in [0.05, 0.1) is 21.0 Å². The maximum Gasteiger partial charge on any atom is 0.243 e. The van der Waals surface area contributed by atoms with Gasteiger partial charge in [-0.3, -0.25) is 4.79 Å². The fourth-order valence-electron chi connectivity index (χ4n) is 3.29. The Morgan fingerprint density at radius 2 is 2.00 bits per heavy atom. The van der Waals surface area contributed by atoms with E-state index in [1.807, 2.05) is 18.2 Å². The predicted molar refractivity (Wildman–Crippen MR) is 119 cm³/mol. The molecule has 2 aromatic carbocycles. The highest BCUT2D eigenvalue weighted by atomic mass is 79.9. The van der Waals surface area contributed by atoms with Gasteiger partial charge in [-0.2, -0.15) is 4.31 Å². The van der Waals surface area contributed by atoms with E-state index in [2.05, 4.69) is 26.2 Å². The predicted octanol–water partition coefficient (Wildman–Crippen LogP) is 4.75. The first-order chi connectivity index (χ1) is 13.8. The number of piperidine rings is 1. The molecule has 3 aromatic rings. The molecule has 1 amide bonds. The third-order valence-electron chi connectivity index (χ3n) is 4.79. The number of nitrogens with one attached hydrogen (secondary N) is 1. The number of nitrogens with zero attached hydrogens (tertiary/aromatic N) is 2. The molecule has 1 unspecified atom stereocenters. The van der Waals surface area contributed by atoms with E-state index in [4.69, 9.17) is 11.6 Å². The molecule has 0 spiro atoms. The van der Waals surface area contributed by atoms with Gasteiger partial charge >= 0.3 is 0 Å². The zero-order valence-corrected chi connectivity index (χ0v) is 19.1. The van der Waals surface area contributed by atoms with Crippen molar-refractivity contribution in [2.75, 3.05) is 18.4 Å². The molecule has 1 fully saturated rings. The Morgan fingerprint density at radius 1 is 1.24 bits per heavy atom. The topological polar surface area (TPSA) is 79.4 Å². The number of fused-ring (bicyclic) bond motifs is 1. The second-order valence-corrected chi connectivity index (χ2v) is 11.1. The van der Waals surface area contributed by atoms with Crippen molar-refractivity contribution in [1.82, 2.24) is 9.29 Å². The Hall–Kier alpha value is -1.52. The molecule has 4 rings (SSSR count). The highest BCUT2D eigenvalue weighted by Crippen LogP contribution is 2.30. The van der Waals surface area contributed by atoms with Crippen LogP contribution in [0.2, 0.25) is 5.02 Å². The number of aromatic nitrogens is 1. The number of hydrogen-bond acceptors (Lipinski definition) is 5. The van der Waals surface area contributed by atoms with Crippen LogP contribution >= 0.6 is 38.9 Å². The normalized spacial score (nSPS) is 18.1. The number of rotatable bonds is 4. The number of hydrogen-bond donors (Lipinski definition) is 1. The molecule has 1 N–H and O–H groups in total. The van der Waals surface area contributed by atoms with Gasteiger partial charge in [-0.15, -0.1) is 0 Å². The highest BCUT2D eigenvalue weighted by molar-refractivity contribution is 9.10. The Balaban J connectivity index is 1.48. The number of halogens is 2. The molecule has 1 aliphatic rings. The molecule has 6 nitrogen and oxygen atoms in total. The fraction of sp³-hybridized carbons (Fsp3) is 0.263. The van der Waals surface area contributed by atoms with Crippen molar-refractivity contribution in [2.24, 2.45) is 5.92 Å². The first-order valence-corrected chi connectivity index (χ1v) is 12.4. The van der Waals surface area contributed by atoms with Gasteiger partial charge in [-0.1, -0.05) is 38.9 Å². The number of sulfonamides is 1. The van der Waals surface area contributed by atoms with Gasteiger partial charge < -0.3 is 5.32 Å². The third-order valence-corrected chi connectivity index (χ3v) is 8.35. The van der Waals surface area contributed by atoms with Gasteiger partial charge in [0.25, 0.3) is 0 Å². The van der Waals surface area contributed by atoms with Gasteiger partial charge in [0.1, 0.15) is 0 Å². The van der Waals surface area contributed by atoms with Gasteiger partial charge in [-0.05, 0) is 55.3 Å². The van der Waals surface area contributed by atoms with E-state index in [1.54, 1.807) is 12.1 Å². The lowest BCUT2D eigenvalue weighted by atomic mass is 9.99. The van der Waals surface area contributed by atoms with Crippen molar-refractivity contribution < 1.29 is 13.2 Å². The van der Waals surface area contributed by atoms with Crippen LogP contribution < -0.4 is 5.32 Å². The smallest absolute Gasteiger partial charge is 0.243 e. The molecule has 152 valence electrons. The number of carbonyl (C=O) groups is 1. The number of thiazole rings is 1. The lowest BCUT2D eigenvalue weighted by Crippen LogP contribution is -2.43.